The number of oxime groups is 1. The molecule has 1 aromatic heterocycles. The summed E-state index contributed by atoms with van der Waals surface area (Å²) in [6, 6.07) is 20.1. The largest absolute Gasteiger partial charge is 0.410 e. The minimum Gasteiger partial charge on any atom is -0.410 e. The monoisotopic (exact) mass is 421 g/mol. The van der Waals surface area contributed by atoms with Crippen molar-refractivity contribution in [2.75, 3.05) is 0 Å². The number of aliphatic imine (C=N–C) groups is 1. The van der Waals surface area contributed by atoms with E-state index >= 15 is 0 Å². The van der Waals surface area contributed by atoms with Crippen LogP contribution >= 0.6 is 23.4 Å². The van der Waals surface area contributed by atoms with Crippen LogP contribution in [0.4, 0.5) is 5.69 Å². The molecule has 5 nitrogen and oxygen atoms in total. The van der Waals surface area contributed by atoms with Crippen LogP contribution in [0.3, 0.4) is 0 Å². The lowest BCUT2D eigenvalue weighted by Gasteiger charge is -2.18. The summed E-state index contributed by atoms with van der Waals surface area (Å²) in [5.74, 6) is -1.16. The first-order valence-electron chi connectivity index (χ1n) is 8.90. The molecule has 0 amide bonds. The number of ketones is 1. The maximum absolute atomic E-state index is 13.5. The molecule has 4 rings (SSSR count). The van der Waals surface area contributed by atoms with Crippen molar-refractivity contribution in [1.29, 1.82) is 0 Å². The smallest absolute Gasteiger partial charge is 0.175 e. The Morgan fingerprint density at radius 1 is 1.00 bits per heavy atom. The van der Waals surface area contributed by atoms with Crippen LogP contribution in [-0.2, 0) is 0 Å². The first-order chi connectivity index (χ1) is 14.2. The Morgan fingerprint density at radius 3 is 2.41 bits per heavy atom. The Hall–Kier alpha value is -2.96. The highest BCUT2D eigenvalue weighted by Gasteiger charge is 2.45. The van der Waals surface area contributed by atoms with Gasteiger partial charge in [-0.2, -0.15) is 0 Å². The van der Waals surface area contributed by atoms with Crippen LogP contribution in [0, 0.1) is 5.92 Å². The topological polar surface area (TPSA) is 74.9 Å². The van der Waals surface area contributed by atoms with Gasteiger partial charge >= 0.3 is 0 Å². The number of hydrogen-bond donors (Lipinski definition) is 1. The molecule has 3 aromatic rings. The zero-order valence-electron chi connectivity index (χ0n) is 15.1. The molecule has 0 bridgehead atoms. The van der Waals surface area contributed by atoms with Crippen LogP contribution < -0.4 is 0 Å². The van der Waals surface area contributed by atoms with E-state index < -0.39 is 11.8 Å². The Labute approximate surface area is 177 Å². The molecule has 2 aromatic carbocycles. The Kier molecular flexibility index (Phi) is 5.74. The van der Waals surface area contributed by atoms with E-state index in [4.69, 9.17) is 11.6 Å². The van der Waals surface area contributed by atoms with Gasteiger partial charge in [0.25, 0.3) is 0 Å². The molecule has 2 heterocycles. The maximum Gasteiger partial charge on any atom is 0.175 e. The summed E-state index contributed by atoms with van der Waals surface area (Å²) in [6.07, 6.45) is 3.17. The molecule has 1 aliphatic rings. The van der Waals surface area contributed by atoms with Gasteiger partial charge in [-0.25, -0.2) is 4.99 Å². The van der Waals surface area contributed by atoms with E-state index in [1.165, 1.54) is 11.8 Å². The van der Waals surface area contributed by atoms with Gasteiger partial charge in [-0.3, -0.25) is 9.78 Å². The fourth-order valence-corrected chi connectivity index (χ4v) is 4.59. The predicted octanol–water partition coefficient (Wildman–Crippen LogP) is 5.58. The van der Waals surface area contributed by atoms with E-state index in [-0.39, 0.29) is 5.78 Å². The quantitative estimate of drug-likeness (QED) is 0.339. The summed E-state index contributed by atoms with van der Waals surface area (Å²) in [4.78, 5) is 22.2. The lowest BCUT2D eigenvalue weighted by atomic mass is 9.83. The van der Waals surface area contributed by atoms with E-state index in [1.807, 2.05) is 30.3 Å². The highest BCUT2D eigenvalue weighted by Crippen LogP contribution is 2.44. The third-order valence-corrected chi connectivity index (χ3v) is 5.98. The fraction of sp³-hybridized carbons (Fsp3) is 0.0909. The van der Waals surface area contributed by atoms with Crippen molar-refractivity contribution in [2.24, 2.45) is 16.1 Å². The number of halogens is 1. The third-order valence-electron chi connectivity index (χ3n) is 4.63. The summed E-state index contributed by atoms with van der Waals surface area (Å²) >= 11 is 7.19. The van der Waals surface area contributed by atoms with Crippen molar-refractivity contribution in [3.8, 4) is 0 Å². The summed E-state index contributed by atoms with van der Waals surface area (Å²) < 4.78 is 0. The van der Waals surface area contributed by atoms with Crippen LogP contribution in [0.2, 0.25) is 5.02 Å². The average molecular weight is 422 g/mol. The normalized spacial score (nSPS) is 21.6. The lowest BCUT2D eigenvalue weighted by molar-refractivity contribution is 0.0952. The summed E-state index contributed by atoms with van der Waals surface area (Å²) in [5, 5.41) is 14.8. The first kappa shape index (κ1) is 19.4. The van der Waals surface area contributed by atoms with Crippen molar-refractivity contribution in [3.05, 3.63) is 95.3 Å². The van der Waals surface area contributed by atoms with Gasteiger partial charge in [0, 0.05) is 23.0 Å². The zero-order chi connectivity index (χ0) is 20.2. The standard InChI is InChI=1S/C22H16ClN3O2S/c23-16-8-10-17(11-9-16)25-21-19(20(27)15-7-4-12-24-13-15)18(22(26-28)29-21)14-5-2-1-3-6-14/h1-13,18-19,28H. The molecule has 7 heteroatoms. The lowest BCUT2D eigenvalue weighted by Crippen LogP contribution is -2.25. The highest BCUT2D eigenvalue weighted by atomic mass is 35.5. The molecule has 0 spiro atoms. The van der Waals surface area contributed by atoms with Crippen LogP contribution in [-0.4, -0.2) is 26.1 Å². The summed E-state index contributed by atoms with van der Waals surface area (Å²) in [5.41, 5.74) is 2.05. The molecule has 2 atom stereocenters. The summed E-state index contributed by atoms with van der Waals surface area (Å²) in [7, 11) is 0. The third kappa shape index (κ3) is 4.09. The number of hydrogen-bond acceptors (Lipinski definition) is 6. The minimum absolute atomic E-state index is 0.120. The second-order valence-electron chi connectivity index (χ2n) is 6.44. The molecule has 0 aliphatic carbocycles. The van der Waals surface area contributed by atoms with E-state index in [0.717, 1.165) is 5.56 Å². The van der Waals surface area contributed by atoms with Gasteiger partial charge in [0.05, 0.1) is 22.6 Å². The molecule has 2 unspecified atom stereocenters. The van der Waals surface area contributed by atoms with Crippen LogP contribution in [0.25, 0.3) is 0 Å². The molecule has 1 fully saturated rings. The zero-order valence-corrected chi connectivity index (χ0v) is 16.7. The molecule has 1 aliphatic heterocycles. The van der Waals surface area contributed by atoms with Crippen LogP contribution in [0.5, 0.6) is 0 Å². The van der Waals surface area contributed by atoms with Gasteiger partial charge in [0.1, 0.15) is 5.04 Å². The average Bonchev–Trinajstić information content (AvgIpc) is 3.14. The Balaban J connectivity index is 1.83. The summed E-state index contributed by atoms with van der Waals surface area (Å²) in [6.45, 7) is 0. The molecule has 0 radical (unpaired) electrons. The van der Waals surface area contributed by atoms with E-state index in [9.17, 15) is 10.0 Å². The van der Waals surface area contributed by atoms with Crippen molar-refractivity contribution >= 4 is 44.9 Å². The molecule has 0 saturated carbocycles. The number of carbonyl (C=O) groups excluding carboxylic acids is 1. The van der Waals surface area contributed by atoms with Crippen molar-refractivity contribution < 1.29 is 10.0 Å². The van der Waals surface area contributed by atoms with Gasteiger partial charge in [-0.15, -0.1) is 0 Å². The Bertz CT molecular complexity index is 1070. The molecule has 1 saturated heterocycles. The maximum atomic E-state index is 13.5. The number of benzene rings is 2. The predicted molar refractivity (Wildman–Crippen MR) is 117 cm³/mol. The second kappa shape index (κ2) is 8.59. The number of aromatic nitrogens is 1. The number of pyridine rings is 1. The number of Topliss-reactive ketones (excluding diaryl/α,β-unsaturated/α-hetero) is 1. The van der Waals surface area contributed by atoms with Crippen molar-refractivity contribution in [3.63, 3.8) is 0 Å². The number of carbonyl (C=O) groups is 1. The molecule has 1 N–H and O–H groups in total. The molecule has 144 valence electrons. The van der Waals surface area contributed by atoms with Gasteiger partial charge in [0.2, 0.25) is 0 Å². The van der Waals surface area contributed by atoms with Crippen LogP contribution in [0.15, 0.2) is 89.3 Å². The molecular formula is C22H16ClN3O2S. The van der Waals surface area contributed by atoms with Gasteiger partial charge in [0.15, 0.2) is 5.78 Å². The van der Waals surface area contributed by atoms with E-state index in [1.54, 1.807) is 48.8 Å². The van der Waals surface area contributed by atoms with Gasteiger partial charge < -0.3 is 5.21 Å². The van der Waals surface area contributed by atoms with Crippen molar-refractivity contribution in [2.45, 2.75) is 5.92 Å². The van der Waals surface area contributed by atoms with E-state index in [2.05, 4.69) is 15.1 Å². The van der Waals surface area contributed by atoms with Gasteiger partial charge in [-0.05, 0) is 42.0 Å². The highest BCUT2D eigenvalue weighted by molar-refractivity contribution is 8.27. The number of nitrogens with zero attached hydrogens (tertiary/aromatic N) is 3. The molecule has 29 heavy (non-hydrogen) atoms. The first-order valence-corrected chi connectivity index (χ1v) is 10.1. The SMILES string of the molecule is O=C(c1cccnc1)C1C(=Nc2ccc(Cl)cc2)SC(=NO)C1c1ccccc1. The van der Waals surface area contributed by atoms with E-state index in [0.29, 0.717) is 26.4 Å². The van der Waals surface area contributed by atoms with Crippen LogP contribution in [0.1, 0.15) is 21.8 Å². The number of rotatable bonds is 4. The van der Waals surface area contributed by atoms with Crippen molar-refractivity contribution in [1.82, 2.24) is 4.98 Å². The molecular weight excluding hydrogens is 406 g/mol. The number of thioether (sulfide) groups is 1. The second-order valence-corrected chi connectivity index (χ2v) is 7.92. The van der Waals surface area contributed by atoms with Gasteiger partial charge in [-0.1, -0.05) is 58.9 Å². The fourth-order valence-electron chi connectivity index (χ4n) is 3.28. The minimum atomic E-state index is -0.617. The Morgan fingerprint density at radius 2 is 1.76 bits per heavy atom.